The van der Waals surface area contributed by atoms with E-state index in [1.54, 1.807) is 31.2 Å². The van der Waals surface area contributed by atoms with Crippen molar-refractivity contribution in [2.24, 2.45) is 0 Å². The van der Waals surface area contributed by atoms with Gasteiger partial charge in [-0.3, -0.25) is 0 Å². The van der Waals surface area contributed by atoms with Crippen molar-refractivity contribution in [2.75, 3.05) is 6.26 Å². The largest absolute Gasteiger partial charge is 0.386 e. The summed E-state index contributed by atoms with van der Waals surface area (Å²) in [7, 11) is -3.40. The maximum atomic E-state index is 11.7. The van der Waals surface area contributed by atoms with Crippen LogP contribution in [0.1, 0.15) is 25.0 Å². The maximum absolute atomic E-state index is 11.7. The summed E-state index contributed by atoms with van der Waals surface area (Å²) >= 11 is 3.17. The molecule has 0 heterocycles. The lowest BCUT2D eigenvalue weighted by molar-refractivity contribution is 0.160. The van der Waals surface area contributed by atoms with E-state index < -0.39 is 19.6 Å². The molecule has 0 bridgehead atoms. The minimum Gasteiger partial charge on any atom is -0.386 e. The molecule has 3 nitrogen and oxygen atoms in total. The van der Waals surface area contributed by atoms with Gasteiger partial charge in [-0.05, 0) is 12.0 Å². The number of hydrogen-bond acceptors (Lipinski definition) is 3. The van der Waals surface area contributed by atoms with Crippen molar-refractivity contribution in [1.82, 2.24) is 0 Å². The number of hydrogen-bond donors (Lipinski definition) is 1. The molecule has 16 heavy (non-hydrogen) atoms. The second kappa shape index (κ2) is 4.85. The molecule has 0 aliphatic heterocycles. The zero-order valence-corrected chi connectivity index (χ0v) is 11.6. The number of aliphatic hydroxyl groups excluding tert-OH is 1. The fraction of sp³-hybridized carbons (Fsp3) is 0.455. The highest BCUT2D eigenvalue weighted by Crippen LogP contribution is 2.40. The molecule has 0 radical (unpaired) electrons. The molecule has 0 aliphatic carbocycles. The van der Waals surface area contributed by atoms with E-state index >= 15 is 0 Å². The molecule has 5 heteroatoms. The first kappa shape index (κ1) is 13.7. The molecular weight excluding hydrogens is 292 g/mol. The van der Waals surface area contributed by atoms with Gasteiger partial charge >= 0.3 is 0 Å². The first-order valence-corrected chi connectivity index (χ1v) is 7.63. The Morgan fingerprint density at radius 2 is 1.88 bits per heavy atom. The van der Waals surface area contributed by atoms with Crippen LogP contribution in [0.3, 0.4) is 0 Å². The van der Waals surface area contributed by atoms with Crippen molar-refractivity contribution >= 4 is 25.8 Å². The molecule has 0 aromatic heterocycles. The van der Waals surface area contributed by atoms with E-state index in [1.807, 2.05) is 6.07 Å². The number of rotatable bonds is 4. The summed E-state index contributed by atoms with van der Waals surface area (Å²) in [4.78, 5) is 0. The fourth-order valence-corrected chi connectivity index (χ4v) is 2.87. The van der Waals surface area contributed by atoms with E-state index in [1.165, 1.54) is 0 Å². The van der Waals surface area contributed by atoms with E-state index in [9.17, 15) is 13.5 Å². The first-order chi connectivity index (χ1) is 7.33. The van der Waals surface area contributed by atoms with Gasteiger partial charge in [0.05, 0.1) is 0 Å². The molecule has 0 saturated heterocycles. The van der Waals surface area contributed by atoms with E-state index in [4.69, 9.17) is 0 Å². The highest BCUT2D eigenvalue weighted by atomic mass is 79.9. The summed E-state index contributed by atoms with van der Waals surface area (Å²) in [6, 6.07) is 8.77. The molecule has 1 aromatic rings. The van der Waals surface area contributed by atoms with Gasteiger partial charge in [-0.2, -0.15) is 0 Å². The molecule has 2 atom stereocenters. The molecule has 0 unspecified atom stereocenters. The first-order valence-electron chi connectivity index (χ1n) is 4.94. The molecule has 0 fully saturated rings. The van der Waals surface area contributed by atoms with Crippen LogP contribution >= 0.6 is 15.9 Å². The van der Waals surface area contributed by atoms with Crippen LogP contribution in [0.5, 0.6) is 0 Å². The van der Waals surface area contributed by atoms with Gasteiger partial charge in [0.2, 0.25) is 0 Å². The van der Waals surface area contributed by atoms with E-state index in [2.05, 4.69) is 15.9 Å². The Kier molecular flexibility index (Phi) is 4.15. The Bertz CT molecular complexity index is 444. The van der Waals surface area contributed by atoms with Gasteiger partial charge in [-0.25, -0.2) is 8.42 Å². The van der Waals surface area contributed by atoms with Crippen LogP contribution in [0.15, 0.2) is 30.3 Å². The SMILES string of the molecule is CC[C@](Br)([C@H](O)c1ccccc1)S(C)(=O)=O. The number of aliphatic hydroxyl groups is 1. The average molecular weight is 307 g/mol. The van der Waals surface area contributed by atoms with Gasteiger partial charge < -0.3 is 5.11 Å². The number of sulfone groups is 1. The minimum atomic E-state index is -3.40. The molecule has 0 aliphatic rings. The van der Waals surface area contributed by atoms with Crippen molar-refractivity contribution in [3.63, 3.8) is 0 Å². The molecule has 0 saturated carbocycles. The highest BCUT2D eigenvalue weighted by molar-refractivity contribution is 9.11. The van der Waals surface area contributed by atoms with Crippen LogP contribution in [-0.4, -0.2) is 23.4 Å². The molecular formula is C11H15BrO3S. The summed E-state index contributed by atoms with van der Waals surface area (Å²) in [6.45, 7) is 1.72. The molecule has 90 valence electrons. The zero-order valence-electron chi connectivity index (χ0n) is 9.22. The Balaban J connectivity index is 3.18. The van der Waals surface area contributed by atoms with Crippen LogP contribution in [-0.2, 0) is 9.84 Å². The predicted octanol–water partition coefficient (Wildman–Crippen LogP) is 2.27. The van der Waals surface area contributed by atoms with Crippen molar-refractivity contribution in [3.05, 3.63) is 35.9 Å². The third-order valence-corrected chi connectivity index (χ3v) is 7.13. The van der Waals surface area contributed by atoms with Crippen LogP contribution in [0, 0.1) is 0 Å². The Morgan fingerprint density at radius 1 is 1.38 bits per heavy atom. The Morgan fingerprint density at radius 3 is 2.25 bits per heavy atom. The molecule has 1 aromatic carbocycles. The van der Waals surface area contributed by atoms with Crippen molar-refractivity contribution in [3.8, 4) is 0 Å². The van der Waals surface area contributed by atoms with Gasteiger partial charge in [0.25, 0.3) is 0 Å². The van der Waals surface area contributed by atoms with Gasteiger partial charge in [0, 0.05) is 6.26 Å². The monoisotopic (exact) mass is 306 g/mol. The van der Waals surface area contributed by atoms with E-state index in [0.29, 0.717) is 12.0 Å². The third-order valence-electron chi connectivity index (χ3n) is 2.62. The lowest BCUT2D eigenvalue weighted by Gasteiger charge is -2.29. The molecule has 0 spiro atoms. The average Bonchev–Trinajstić information content (AvgIpc) is 2.26. The highest BCUT2D eigenvalue weighted by Gasteiger charge is 2.44. The van der Waals surface area contributed by atoms with Crippen LogP contribution in [0.25, 0.3) is 0 Å². The normalized spacial score (nSPS) is 17.8. The topological polar surface area (TPSA) is 54.4 Å². The Hall–Kier alpha value is -0.390. The van der Waals surface area contributed by atoms with Gasteiger partial charge in [0.15, 0.2) is 13.5 Å². The predicted molar refractivity (Wildman–Crippen MR) is 68.2 cm³/mol. The van der Waals surface area contributed by atoms with E-state index in [0.717, 1.165) is 6.26 Å². The maximum Gasteiger partial charge on any atom is 0.166 e. The lowest BCUT2D eigenvalue weighted by Crippen LogP contribution is -2.37. The van der Waals surface area contributed by atoms with Gasteiger partial charge in [-0.1, -0.05) is 53.2 Å². The second-order valence-electron chi connectivity index (χ2n) is 3.73. The summed E-state index contributed by atoms with van der Waals surface area (Å²) < 4.78 is 22.1. The van der Waals surface area contributed by atoms with E-state index in [-0.39, 0.29) is 0 Å². The number of alkyl halides is 1. The summed E-state index contributed by atoms with van der Waals surface area (Å²) in [5.41, 5.74) is 0.589. The van der Waals surface area contributed by atoms with Gasteiger partial charge in [0.1, 0.15) is 6.10 Å². The van der Waals surface area contributed by atoms with Crippen LogP contribution < -0.4 is 0 Å². The van der Waals surface area contributed by atoms with Crippen molar-refractivity contribution in [2.45, 2.75) is 23.1 Å². The lowest BCUT2D eigenvalue weighted by atomic mass is 10.1. The third kappa shape index (κ3) is 2.47. The number of halogens is 1. The van der Waals surface area contributed by atoms with Crippen LogP contribution in [0.4, 0.5) is 0 Å². The van der Waals surface area contributed by atoms with Crippen molar-refractivity contribution < 1.29 is 13.5 Å². The molecule has 1 rings (SSSR count). The summed E-state index contributed by atoms with van der Waals surface area (Å²) in [6.07, 6.45) is 0.341. The summed E-state index contributed by atoms with van der Waals surface area (Å²) in [5, 5.41) is 10.1. The fourth-order valence-electron chi connectivity index (χ4n) is 1.54. The molecule has 0 amide bonds. The van der Waals surface area contributed by atoms with Crippen molar-refractivity contribution in [1.29, 1.82) is 0 Å². The summed E-state index contributed by atoms with van der Waals surface area (Å²) in [5.74, 6) is 0. The number of benzene rings is 1. The smallest absolute Gasteiger partial charge is 0.166 e. The second-order valence-corrected chi connectivity index (χ2v) is 7.94. The minimum absolute atomic E-state index is 0.294. The van der Waals surface area contributed by atoms with Crippen LogP contribution in [0.2, 0.25) is 0 Å². The molecule has 1 N–H and O–H groups in total. The Labute approximate surface area is 105 Å². The standard InChI is InChI=1S/C11H15BrO3S/c1-3-11(12,16(2,14)15)10(13)9-7-5-4-6-8-9/h4-8,10,13H,3H2,1-2H3/t10-,11-/m1/s1. The quantitative estimate of drug-likeness (QED) is 0.868. The van der Waals surface area contributed by atoms with Gasteiger partial charge in [-0.15, -0.1) is 0 Å². The zero-order chi connectivity index (χ0) is 12.4.